The summed E-state index contributed by atoms with van der Waals surface area (Å²) in [4.78, 5) is 12.5. The molecule has 116 valence electrons. The second-order valence-electron chi connectivity index (χ2n) is 5.72. The van der Waals surface area contributed by atoms with Crippen LogP contribution in [0.2, 0.25) is 5.02 Å². The summed E-state index contributed by atoms with van der Waals surface area (Å²) in [5.74, 6) is 0.384. The predicted molar refractivity (Wildman–Crippen MR) is 91.1 cm³/mol. The molecule has 0 radical (unpaired) electrons. The Morgan fingerprint density at radius 3 is 2.70 bits per heavy atom. The Kier molecular flexibility index (Phi) is 3.52. The molecule has 0 atom stereocenters. The van der Waals surface area contributed by atoms with E-state index in [-0.39, 0.29) is 5.91 Å². The van der Waals surface area contributed by atoms with Crippen LogP contribution in [0.3, 0.4) is 0 Å². The van der Waals surface area contributed by atoms with Crippen molar-refractivity contribution in [3.05, 3.63) is 58.7 Å². The normalized spacial score (nSPS) is 14.7. The summed E-state index contributed by atoms with van der Waals surface area (Å²) >= 11 is 6.07. The van der Waals surface area contributed by atoms with Gasteiger partial charge in [-0.25, -0.2) is 0 Å². The molecule has 2 aromatic carbocycles. The molecule has 1 aromatic heterocycles. The van der Waals surface area contributed by atoms with Crippen LogP contribution in [0.4, 0.5) is 5.69 Å². The van der Waals surface area contributed by atoms with Crippen molar-refractivity contribution >= 4 is 34.1 Å². The van der Waals surface area contributed by atoms with Crippen molar-refractivity contribution in [3.63, 3.8) is 0 Å². The van der Waals surface area contributed by atoms with Gasteiger partial charge in [0.15, 0.2) is 0 Å². The number of anilines is 1. The van der Waals surface area contributed by atoms with E-state index in [1.165, 1.54) is 5.56 Å². The summed E-state index contributed by atoms with van der Waals surface area (Å²) in [5, 5.41) is 14.2. The van der Waals surface area contributed by atoms with E-state index in [4.69, 9.17) is 11.6 Å². The zero-order chi connectivity index (χ0) is 15.8. The fourth-order valence-electron chi connectivity index (χ4n) is 2.77. The number of aromatic nitrogens is 2. The van der Waals surface area contributed by atoms with Crippen molar-refractivity contribution in [2.45, 2.75) is 5.92 Å². The Balaban J connectivity index is 1.57. The van der Waals surface area contributed by atoms with Gasteiger partial charge < -0.3 is 10.6 Å². The standard InChI is InChI=1S/C17H15ClN4O/c18-12-5-14(15-9-20-22-16(15)6-12)17(23)21-13-3-1-10(2-4-13)11-7-19-8-11/h1-6,9,11,19H,7-8H2,(H,20,22)(H,21,23). The number of hydrogen-bond acceptors (Lipinski definition) is 3. The summed E-state index contributed by atoms with van der Waals surface area (Å²) in [7, 11) is 0. The quantitative estimate of drug-likeness (QED) is 0.692. The molecule has 3 N–H and O–H groups in total. The zero-order valence-electron chi connectivity index (χ0n) is 12.3. The lowest BCUT2D eigenvalue weighted by Gasteiger charge is -2.27. The summed E-state index contributed by atoms with van der Waals surface area (Å²) in [6, 6.07) is 11.4. The highest BCUT2D eigenvalue weighted by Crippen LogP contribution is 2.24. The van der Waals surface area contributed by atoms with Crippen molar-refractivity contribution < 1.29 is 4.79 Å². The molecule has 2 heterocycles. The van der Waals surface area contributed by atoms with E-state index in [1.807, 2.05) is 12.1 Å². The average Bonchev–Trinajstić information content (AvgIpc) is 2.94. The molecule has 4 rings (SSSR count). The van der Waals surface area contributed by atoms with Gasteiger partial charge >= 0.3 is 0 Å². The average molecular weight is 327 g/mol. The van der Waals surface area contributed by atoms with E-state index in [2.05, 4.69) is 33.0 Å². The monoisotopic (exact) mass is 326 g/mol. The van der Waals surface area contributed by atoms with Gasteiger partial charge in [-0.05, 0) is 29.8 Å². The number of rotatable bonds is 3. The molecule has 3 aromatic rings. The van der Waals surface area contributed by atoms with Crippen LogP contribution < -0.4 is 10.6 Å². The molecule has 6 heteroatoms. The zero-order valence-corrected chi connectivity index (χ0v) is 13.0. The summed E-state index contributed by atoms with van der Waals surface area (Å²) in [6.45, 7) is 2.04. The summed E-state index contributed by atoms with van der Waals surface area (Å²) in [6.07, 6.45) is 1.63. The van der Waals surface area contributed by atoms with E-state index >= 15 is 0 Å². The Bertz CT molecular complexity index is 868. The van der Waals surface area contributed by atoms with Gasteiger partial charge in [0, 0.05) is 35.1 Å². The maximum absolute atomic E-state index is 12.5. The van der Waals surface area contributed by atoms with Gasteiger partial charge in [0.05, 0.1) is 17.3 Å². The number of carbonyl (C=O) groups excluding carboxylic acids is 1. The highest BCUT2D eigenvalue weighted by Gasteiger charge is 2.18. The first-order valence-corrected chi connectivity index (χ1v) is 7.83. The van der Waals surface area contributed by atoms with Crippen LogP contribution in [0.15, 0.2) is 42.6 Å². The van der Waals surface area contributed by atoms with Crippen LogP contribution in [0.1, 0.15) is 21.8 Å². The number of nitrogens with zero attached hydrogens (tertiary/aromatic N) is 1. The number of benzene rings is 2. The minimum atomic E-state index is -0.197. The molecule has 0 saturated carbocycles. The Morgan fingerprint density at radius 2 is 2.00 bits per heavy atom. The Morgan fingerprint density at radius 1 is 1.22 bits per heavy atom. The van der Waals surface area contributed by atoms with Crippen LogP contribution in [0.25, 0.3) is 10.9 Å². The maximum atomic E-state index is 12.5. The fourth-order valence-corrected chi connectivity index (χ4v) is 2.98. The molecule has 1 aliphatic heterocycles. The van der Waals surface area contributed by atoms with Crippen LogP contribution in [0, 0.1) is 0 Å². The van der Waals surface area contributed by atoms with Gasteiger partial charge in [-0.2, -0.15) is 5.10 Å². The van der Waals surface area contributed by atoms with Crippen molar-refractivity contribution in [3.8, 4) is 0 Å². The van der Waals surface area contributed by atoms with Crippen LogP contribution in [-0.4, -0.2) is 29.2 Å². The topological polar surface area (TPSA) is 69.8 Å². The molecule has 0 unspecified atom stereocenters. The molecule has 1 amide bonds. The van der Waals surface area contributed by atoms with Gasteiger partial charge in [-0.3, -0.25) is 9.89 Å². The molecule has 1 fully saturated rings. The van der Waals surface area contributed by atoms with Crippen molar-refractivity contribution in [1.29, 1.82) is 0 Å². The Labute approximate surface area is 138 Å². The number of nitrogens with one attached hydrogen (secondary N) is 3. The van der Waals surface area contributed by atoms with E-state index in [1.54, 1.807) is 18.3 Å². The van der Waals surface area contributed by atoms with Crippen molar-refractivity contribution in [1.82, 2.24) is 15.5 Å². The second-order valence-corrected chi connectivity index (χ2v) is 6.15. The van der Waals surface area contributed by atoms with Crippen LogP contribution >= 0.6 is 11.6 Å². The number of amides is 1. The van der Waals surface area contributed by atoms with E-state index in [0.29, 0.717) is 16.5 Å². The van der Waals surface area contributed by atoms with Gasteiger partial charge in [-0.15, -0.1) is 0 Å². The SMILES string of the molecule is O=C(Nc1ccc(C2CNC2)cc1)c1cc(Cl)cc2[nH]ncc12. The number of halogens is 1. The molecule has 23 heavy (non-hydrogen) atoms. The predicted octanol–water partition coefficient (Wildman–Crippen LogP) is 3.16. The lowest BCUT2D eigenvalue weighted by Crippen LogP contribution is -2.39. The third-order valence-electron chi connectivity index (χ3n) is 4.19. The van der Waals surface area contributed by atoms with E-state index in [9.17, 15) is 4.79 Å². The molecular weight excluding hydrogens is 312 g/mol. The number of carbonyl (C=O) groups is 1. The largest absolute Gasteiger partial charge is 0.322 e. The molecule has 0 spiro atoms. The number of fused-ring (bicyclic) bond motifs is 1. The minimum absolute atomic E-state index is 0.197. The maximum Gasteiger partial charge on any atom is 0.256 e. The number of H-pyrrole nitrogens is 1. The van der Waals surface area contributed by atoms with Crippen molar-refractivity contribution in [2.75, 3.05) is 18.4 Å². The van der Waals surface area contributed by atoms with E-state index in [0.717, 1.165) is 29.7 Å². The first kappa shape index (κ1) is 14.2. The molecule has 5 nitrogen and oxygen atoms in total. The third-order valence-corrected chi connectivity index (χ3v) is 4.41. The highest BCUT2D eigenvalue weighted by molar-refractivity contribution is 6.32. The highest BCUT2D eigenvalue weighted by atomic mass is 35.5. The smallest absolute Gasteiger partial charge is 0.256 e. The summed E-state index contributed by atoms with van der Waals surface area (Å²) in [5.41, 5.74) is 3.31. The third kappa shape index (κ3) is 2.69. The van der Waals surface area contributed by atoms with Gasteiger partial charge in [0.2, 0.25) is 0 Å². The lowest BCUT2D eigenvalue weighted by atomic mass is 9.94. The van der Waals surface area contributed by atoms with Crippen LogP contribution in [-0.2, 0) is 0 Å². The molecule has 1 saturated heterocycles. The second kappa shape index (κ2) is 5.68. The van der Waals surface area contributed by atoms with Gasteiger partial charge in [-0.1, -0.05) is 23.7 Å². The first-order valence-electron chi connectivity index (χ1n) is 7.45. The van der Waals surface area contributed by atoms with Gasteiger partial charge in [0.25, 0.3) is 5.91 Å². The molecule has 0 aliphatic carbocycles. The Hall–Kier alpha value is -2.37. The van der Waals surface area contributed by atoms with Crippen molar-refractivity contribution in [2.24, 2.45) is 0 Å². The first-order chi connectivity index (χ1) is 11.2. The molecule has 1 aliphatic rings. The summed E-state index contributed by atoms with van der Waals surface area (Å²) < 4.78 is 0. The molecular formula is C17H15ClN4O. The van der Waals surface area contributed by atoms with Gasteiger partial charge in [0.1, 0.15) is 0 Å². The number of hydrogen-bond donors (Lipinski definition) is 3. The van der Waals surface area contributed by atoms with Crippen LogP contribution in [0.5, 0.6) is 0 Å². The lowest BCUT2D eigenvalue weighted by molar-refractivity contribution is 0.102. The van der Waals surface area contributed by atoms with E-state index < -0.39 is 0 Å². The molecule has 0 bridgehead atoms. The minimum Gasteiger partial charge on any atom is -0.322 e. The number of aromatic amines is 1. The fraction of sp³-hybridized carbons (Fsp3) is 0.176.